The zero-order valence-electron chi connectivity index (χ0n) is 10.2. The molecular weight excluding hydrogens is 212 g/mol. The van der Waals surface area contributed by atoms with Crippen molar-refractivity contribution in [3.8, 4) is 11.9 Å². The van der Waals surface area contributed by atoms with Crippen LogP contribution in [0, 0.1) is 25.2 Å². The molecule has 0 fully saturated rings. The van der Waals surface area contributed by atoms with Gasteiger partial charge in [0.05, 0.1) is 12.1 Å². The summed E-state index contributed by atoms with van der Waals surface area (Å²) in [5, 5.41) is 10.1. The quantitative estimate of drug-likeness (QED) is 0.790. The Morgan fingerprint density at radius 2 is 2.06 bits per heavy atom. The molecule has 0 N–H and O–H groups in total. The Hall–Kier alpha value is -2.08. The highest BCUT2D eigenvalue weighted by Crippen LogP contribution is 2.25. The second-order valence-corrected chi connectivity index (χ2v) is 4.03. The molecule has 0 bridgehead atoms. The van der Waals surface area contributed by atoms with Crippen molar-refractivity contribution in [3.05, 3.63) is 34.9 Å². The first-order chi connectivity index (χ1) is 8.15. The van der Waals surface area contributed by atoms with Crippen molar-refractivity contribution in [1.82, 2.24) is 4.98 Å². The fourth-order valence-electron chi connectivity index (χ4n) is 1.94. The fourth-order valence-corrected chi connectivity index (χ4v) is 1.94. The Morgan fingerprint density at radius 1 is 1.29 bits per heavy atom. The van der Waals surface area contributed by atoms with Crippen LogP contribution in [0.15, 0.2) is 18.2 Å². The standard InChI is InChI=1S/C14H14N2O/c1-4-17-14-11(8-15)7-12-10(3)5-9(2)6-13(12)16-14/h5-7H,4H2,1-3H3. The van der Waals surface area contributed by atoms with Crippen LogP contribution in [-0.2, 0) is 0 Å². The third-order valence-corrected chi connectivity index (χ3v) is 2.65. The maximum Gasteiger partial charge on any atom is 0.232 e. The van der Waals surface area contributed by atoms with E-state index in [1.165, 1.54) is 0 Å². The monoisotopic (exact) mass is 226 g/mol. The van der Waals surface area contributed by atoms with Gasteiger partial charge in [-0.25, -0.2) is 4.98 Å². The maximum absolute atomic E-state index is 9.08. The molecule has 0 aliphatic rings. The molecular formula is C14H14N2O. The second kappa shape index (κ2) is 4.42. The van der Waals surface area contributed by atoms with Crippen LogP contribution >= 0.6 is 0 Å². The first kappa shape index (κ1) is 11.4. The van der Waals surface area contributed by atoms with Crippen LogP contribution in [-0.4, -0.2) is 11.6 Å². The average Bonchev–Trinajstić information content (AvgIpc) is 2.28. The van der Waals surface area contributed by atoms with E-state index in [0.717, 1.165) is 22.0 Å². The van der Waals surface area contributed by atoms with Gasteiger partial charge in [0.2, 0.25) is 5.88 Å². The minimum absolute atomic E-state index is 0.424. The molecule has 2 aromatic rings. The Labute approximate surface area is 101 Å². The van der Waals surface area contributed by atoms with Gasteiger partial charge in [0.25, 0.3) is 0 Å². The first-order valence-corrected chi connectivity index (χ1v) is 5.60. The predicted molar refractivity (Wildman–Crippen MR) is 67.1 cm³/mol. The topological polar surface area (TPSA) is 45.9 Å². The van der Waals surface area contributed by atoms with Crippen LogP contribution in [0.3, 0.4) is 0 Å². The van der Waals surface area contributed by atoms with Gasteiger partial charge in [-0.2, -0.15) is 5.26 Å². The number of ether oxygens (including phenoxy) is 1. The van der Waals surface area contributed by atoms with Crippen LogP contribution in [0.5, 0.6) is 5.88 Å². The average molecular weight is 226 g/mol. The number of benzene rings is 1. The van der Waals surface area contributed by atoms with E-state index in [4.69, 9.17) is 10.00 Å². The minimum atomic E-state index is 0.424. The van der Waals surface area contributed by atoms with Crippen molar-refractivity contribution in [2.75, 3.05) is 6.61 Å². The summed E-state index contributed by atoms with van der Waals surface area (Å²) >= 11 is 0. The summed E-state index contributed by atoms with van der Waals surface area (Å²) in [7, 11) is 0. The van der Waals surface area contributed by atoms with Crippen LogP contribution in [0.1, 0.15) is 23.6 Å². The SMILES string of the molecule is CCOc1nc2cc(C)cc(C)c2cc1C#N. The van der Waals surface area contributed by atoms with E-state index < -0.39 is 0 Å². The van der Waals surface area contributed by atoms with E-state index in [9.17, 15) is 0 Å². The Morgan fingerprint density at radius 3 is 2.71 bits per heavy atom. The number of aromatic nitrogens is 1. The molecule has 1 heterocycles. The van der Waals surface area contributed by atoms with Crippen LogP contribution in [0.25, 0.3) is 10.9 Å². The number of nitriles is 1. The summed E-state index contributed by atoms with van der Waals surface area (Å²) in [6.07, 6.45) is 0. The van der Waals surface area contributed by atoms with Crippen LogP contribution in [0.2, 0.25) is 0 Å². The Balaban J connectivity index is 2.75. The molecule has 0 saturated carbocycles. The van der Waals surface area contributed by atoms with Crippen molar-refractivity contribution in [3.63, 3.8) is 0 Å². The number of nitrogens with zero attached hydrogens (tertiary/aromatic N) is 2. The number of hydrogen-bond acceptors (Lipinski definition) is 3. The van der Waals surface area contributed by atoms with Gasteiger partial charge in [0.15, 0.2) is 0 Å². The van der Waals surface area contributed by atoms with Crippen molar-refractivity contribution in [2.24, 2.45) is 0 Å². The molecule has 3 nitrogen and oxygen atoms in total. The maximum atomic E-state index is 9.08. The molecule has 1 aromatic carbocycles. The Kier molecular flexibility index (Phi) is 2.97. The highest BCUT2D eigenvalue weighted by molar-refractivity contribution is 5.85. The van der Waals surface area contributed by atoms with Crippen LogP contribution in [0.4, 0.5) is 0 Å². The number of fused-ring (bicyclic) bond motifs is 1. The van der Waals surface area contributed by atoms with Crippen molar-refractivity contribution in [1.29, 1.82) is 5.26 Å². The summed E-state index contributed by atoms with van der Waals surface area (Å²) < 4.78 is 5.38. The Bertz CT molecular complexity index is 612. The third-order valence-electron chi connectivity index (χ3n) is 2.65. The molecule has 0 saturated heterocycles. The molecule has 0 aliphatic carbocycles. The molecule has 17 heavy (non-hydrogen) atoms. The molecule has 1 aromatic heterocycles. The third kappa shape index (κ3) is 2.07. The summed E-state index contributed by atoms with van der Waals surface area (Å²) in [4.78, 5) is 4.41. The van der Waals surface area contributed by atoms with E-state index in [1.54, 1.807) is 0 Å². The fraction of sp³-hybridized carbons (Fsp3) is 0.286. The number of rotatable bonds is 2. The molecule has 0 aliphatic heterocycles. The van der Waals surface area contributed by atoms with E-state index >= 15 is 0 Å². The van der Waals surface area contributed by atoms with E-state index in [-0.39, 0.29) is 0 Å². The molecule has 0 unspecified atom stereocenters. The van der Waals surface area contributed by atoms with E-state index in [0.29, 0.717) is 18.1 Å². The van der Waals surface area contributed by atoms with Crippen LogP contribution < -0.4 is 4.74 Å². The lowest BCUT2D eigenvalue weighted by Gasteiger charge is -2.08. The molecule has 3 heteroatoms. The van der Waals surface area contributed by atoms with E-state index in [1.807, 2.05) is 32.9 Å². The van der Waals surface area contributed by atoms with Gasteiger partial charge in [0, 0.05) is 5.39 Å². The van der Waals surface area contributed by atoms with Gasteiger partial charge in [-0.3, -0.25) is 0 Å². The van der Waals surface area contributed by atoms with Crippen molar-refractivity contribution in [2.45, 2.75) is 20.8 Å². The molecule has 0 amide bonds. The summed E-state index contributed by atoms with van der Waals surface area (Å²) in [6, 6.07) is 8.07. The highest BCUT2D eigenvalue weighted by Gasteiger charge is 2.09. The molecule has 0 atom stereocenters. The minimum Gasteiger partial charge on any atom is -0.477 e. The van der Waals surface area contributed by atoms with Crippen molar-refractivity contribution >= 4 is 10.9 Å². The smallest absolute Gasteiger partial charge is 0.232 e. The number of hydrogen-bond donors (Lipinski definition) is 0. The zero-order valence-corrected chi connectivity index (χ0v) is 10.2. The lowest BCUT2D eigenvalue weighted by Crippen LogP contribution is -1.98. The van der Waals surface area contributed by atoms with Gasteiger partial charge < -0.3 is 4.74 Å². The number of pyridine rings is 1. The highest BCUT2D eigenvalue weighted by atomic mass is 16.5. The second-order valence-electron chi connectivity index (χ2n) is 4.03. The van der Waals surface area contributed by atoms with Gasteiger partial charge in [-0.05, 0) is 44.0 Å². The molecule has 0 spiro atoms. The summed E-state index contributed by atoms with van der Waals surface area (Å²) in [6.45, 7) is 6.46. The number of aryl methyl sites for hydroxylation is 2. The van der Waals surface area contributed by atoms with Gasteiger partial charge >= 0.3 is 0 Å². The zero-order chi connectivity index (χ0) is 12.4. The van der Waals surface area contributed by atoms with Gasteiger partial charge in [-0.1, -0.05) is 6.07 Å². The van der Waals surface area contributed by atoms with Crippen molar-refractivity contribution < 1.29 is 4.74 Å². The van der Waals surface area contributed by atoms with Gasteiger partial charge in [-0.15, -0.1) is 0 Å². The lowest BCUT2D eigenvalue weighted by atomic mass is 10.0. The summed E-state index contributed by atoms with van der Waals surface area (Å²) in [5.74, 6) is 0.424. The molecule has 2 rings (SSSR count). The molecule has 0 radical (unpaired) electrons. The summed E-state index contributed by atoms with van der Waals surface area (Å²) in [5.41, 5.74) is 3.66. The van der Waals surface area contributed by atoms with E-state index in [2.05, 4.69) is 17.1 Å². The first-order valence-electron chi connectivity index (χ1n) is 5.60. The molecule has 86 valence electrons. The normalized spacial score (nSPS) is 10.2. The largest absolute Gasteiger partial charge is 0.477 e. The lowest BCUT2D eigenvalue weighted by molar-refractivity contribution is 0.327. The predicted octanol–water partition coefficient (Wildman–Crippen LogP) is 3.12. The van der Waals surface area contributed by atoms with Gasteiger partial charge in [0.1, 0.15) is 11.6 Å².